The van der Waals surface area contributed by atoms with Gasteiger partial charge in [0.1, 0.15) is 0 Å². The minimum atomic E-state index is 0.191. The maximum Gasteiger partial charge on any atom is 0.226 e. The molecule has 6 nitrogen and oxygen atoms in total. The van der Waals surface area contributed by atoms with E-state index in [-0.39, 0.29) is 12.0 Å². The first-order chi connectivity index (χ1) is 9.19. The minimum Gasteiger partial charge on any atom is -0.375 e. The summed E-state index contributed by atoms with van der Waals surface area (Å²) in [4.78, 5) is 18.1. The van der Waals surface area contributed by atoms with Gasteiger partial charge >= 0.3 is 0 Å². The Balaban J connectivity index is 1.72. The zero-order valence-electron chi connectivity index (χ0n) is 11.6. The van der Waals surface area contributed by atoms with Gasteiger partial charge in [0.05, 0.1) is 12.7 Å². The highest BCUT2D eigenvalue weighted by atomic mass is 16.5. The molecule has 106 valence electrons. The number of hydrogen-bond acceptors (Lipinski definition) is 5. The van der Waals surface area contributed by atoms with Gasteiger partial charge in [0, 0.05) is 25.9 Å². The highest BCUT2D eigenvalue weighted by molar-refractivity contribution is 5.76. The van der Waals surface area contributed by atoms with Gasteiger partial charge in [-0.2, -0.15) is 4.98 Å². The predicted molar refractivity (Wildman–Crippen MR) is 68.6 cm³/mol. The van der Waals surface area contributed by atoms with Crippen LogP contribution in [0.25, 0.3) is 0 Å². The number of ether oxygens (including phenoxy) is 1. The van der Waals surface area contributed by atoms with Gasteiger partial charge in [-0.25, -0.2) is 0 Å². The fourth-order valence-electron chi connectivity index (χ4n) is 2.18. The zero-order valence-corrected chi connectivity index (χ0v) is 11.6. The first-order valence-electron chi connectivity index (χ1n) is 6.87. The number of nitrogens with zero attached hydrogens (tertiary/aromatic N) is 3. The first-order valence-corrected chi connectivity index (χ1v) is 6.87. The molecule has 0 N–H and O–H groups in total. The van der Waals surface area contributed by atoms with E-state index < -0.39 is 0 Å². The lowest BCUT2D eigenvalue weighted by atomic mass is 10.2. The Hall–Kier alpha value is -1.43. The molecule has 2 heterocycles. The summed E-state index contributed by atoms with van der Waals surface area (Å²) in [6, 6.07) is 0. The van der Waals surface area contributed by atoms with Crippen LogP contribution in [0, 0.1) is 6.92 Å². The lowest BCUT2D eigenvalue weighted by Gasteiger charge is -2.32. The molecule has 1 saturated heterocycles. The summed E-state index contributed by atoms with van der Waals surface area (Å²) in [6.07, 6.45) is 3.07. The third-order valence-corrected chi connectivity index (χ3v) is 3.30. The van der Waals surface area contributed by atoms with Crippen molar-refractivity contribution in [1.82, 2.24) is 15.0 Å². The van der Waals surface area contributed by atoms with E-state index in [1.165, 1.54) is 0 Å². The summed E-state index contributed by atoms with van der Waals surface area (Å²) in [5.41, 5.74) is 0. The fraction of sp³-hybridized carbons (Fsp3) is 0.769. The molecule has 1 aromatic rings. The molecule has 1 aliphatic heterocycles. The monoisotopic (exact) mass is 267 g/mol. The van der Waals surface area contributed by atoms with Crippen molar-refractivity contribution in [2.75, 3.05) is 19.7 Å². The van der Waals surface area contributed by atoms with Gasteiger partial charge in [-0.15, -0.1) is 0 Å². The van der Waals surface area contributed by atoms with Crippen LogP contribution in [-0.4, -0.2) is 46.7 Å². The molecule has 2 rings (SSSR count). The molecule has 0 unspecified atom stereocenters. The molecule has 6 heteroatoms. The van der Waals surface area contributed by atoms with Crippen LogP contribution in [0.3, 0.4) is 0 Å². The van der Waals surface area contributed by atoms with Gasteiger partial charge in [-0.05, 0) is 19.8 Å². The van der Waals surface area contributed by atoms with Crippen LogP contribution < -0.4 is 0 Å². The second-order valence-corrected chi connectivity index (χ2v) is 4.83. The Kier molecular flexibility index (Phi) is 4.90. The quantitative estimate of drug-likeness (QED) is 0.805. The molecule has 1 fully saturated rings. The number of carbonyl (C=O) groups excluding carboxylic acids is 1. The number of carbonyl (C=O) groups is 1. The van der Waals surface area contributed by atoms with Gasteiger partial charge in [-0.1, -0.05) is 12.1 Å². The van der Waals surface area contributed by atoms with Crippen molar-refractivity contribution in [3.63, 3.8) is 0 Å². The first kappa shape index (κ1) is 14.0. The maximum absolute atomic E-state index is 12.1. The van der Waals surface area contributed by atoms with E-state index >= 15 is 0 Å². The Labute approximate surface area is 113 Å². The maximum atomic E-state index is 12.1. The molecule has 0 bridgehead atoms. The van der Waals surface area contributed by atoms with Crippen molar-refractivity contribution in [3.8, 4) is 0 Å². The molecule has 0 saturated carbocycles. The smallest absolute Gasteiger partial charge is 0.226 e. The summed E-state index contributed by atoms with van der Waals surface area (Å²) in [5, 5.41) is 3.73. The molecule has 0 spiro atoms. The number of amides is 1. The minimum absolute atomic E-state index is 0.191. The normalized spacial score (nSPS) is 19.7. The van der Waals surface area contributed by atoms with Crippen molar-refractivity contribution in [1.29, 1.82) is 0 Å². The van der Waals surface area contributed by atoms with E-state index in [1.807, 2.05) is 4.90 Å². The standard InChI is InChI=1S/C13H21N3O3/c1-3-11-9-16(7-8-18-11)13(17)6-4-5-12-14-10(2)15-19-12/h11H,3-9H2,1-2H3/t11-/m1/s1. The Morgan fingerprint density at radius 1 is 1.53 bits per heavy atom. The van der Waals surface area contributed by atoms with Gasteiger partial charge in [0.15, 0.2) is 5.82 Å². The average molecular weight is 267 g/mol. The summed E-state index contributed by atoms with van der Waals surface area (Å²) in [7, 11) is 0. The van der Waals surface area contributed by atoms with Crippen molar-refractivity contribution in [3.05, 3.63) is 11.7 Å². The number of morpholine rings is 1. The van der Waals surface area contributed by atoms with Crippen molar-refractivity contribution in [2.45, 2.75) is 45.6 Å². The van der Waals surface area contributed by atoms with Gasteiger partial charge in [0.2, 0.25) is 11.8 Å². The summed E-state index contributed by atoms with van der Waals surface area (Å²) in [6.45, 7) is 5.93. The summed E-state index contributed by atoms with van der Waals surface area (Å²) >= 11 is 0. The third-order valence-electron chi connectivity index (χ3n) is 3.30. The molecular formula is C13H21N3O3. The van der Waals surface area contributed by atoms with E-state index in [1.54, 1.807) is 6.92 Å². The number of hydrogen-bond donors (Lipinski definition) is 0. The molecule has 1 aromatic heterocycles. The molecule has 19 heavy (non-hydrogen) atoms. The number of aryl methyl sites for hydroxylation is 2. The second kappa shape index (κ2) is 6.65. The number of rotatable bonds is 5. The summed E-state index contributed by atoms with van der Waals surface area (Å²) < 4.78 is 10.6. The largest absolute Gasteiger partial charge is 0.375 e. The lowest BCUT2D eigenvalue weighted by molar-refractivity contribution is -0.138. The van der Waals surface area contributed by atoms with Crippen LogP contribution in [0.2, 0.25) is 0 Å². The van der Waals surface area contributed by atoms with Gasteiger partial charge < -0.3 is 14.2 Å². The van der Waals surface area contributed by atoms with Crippen molar-refractivity contribution in [2.24, 2.45) is 0 Å². The molecule has 0 aromatic carbocycles. The fourth-order valence-corrected chi connectivity index (χ4v) is 2.18. The average Bonchev–Trinajstić information content (AvgIpc) is 2.84. The van der Waals surface area contributed by atoms with Crippen LogP contribution in [-0.2, 0) is 16.0 Å². The SMILES string of the molecule is CC[C@@H]1CN(C(=O)CCCc2nc(C)no2)CCO1. The number of aromatic nitrogens is 2. The molecule has 0 radical (unpaired) electrons. The van der Waals surface area contributed by atoms with Crippen LogP contribution in [0.4, 0.5) is 0 Å². The summed E-state index contributed by atoms with van der Waals surface area (Å²) in [5.74, 6) is 1.44. The van der Waals surface area contributed by atoms with Crippen LogP contribution in [0.5, 0.6) is 0 Å². The van der Waals surface area contributed by atoms with E-state index in [9.17, 15) is 4.79 Å². The highest BCUT2D eigenvalue weighted by Crippen LogP contribution is 2.11. The Bertz CT molecular complexity index is 419. The van der Waals surface area contributed by atoms with Crippen LogP contribution >= 0.6 is 0 Å². The Morgan fingerprint density at radius 2 is 2.37 bits per heavy atom. The third kappa shape index (κ3) is 4.02. The van der Waals surface area contributed by atoms with Gasteiger partial charge in [-0.3, -0.25) is 4.79 Å². The molecule has 1 atom stereocenters. The second-order valence-electron chi connectivity index (χ2n) is 4.83. The van der Waals surface area contributed by atoms with E-state index in [0.29, 0.717) is 37.7 Å². The molecule has 1 aliphatic rings. The van der Waals surface area contributed by atoms with Crippen LogP contribution in [0.15, 0.2) is 4.52 Å². The molecule has 0 aliphatic carbocycles. The molecular weight excluding hydrogens is 246 g/mol. The van der Waals surface area contributed by atoms with Crippen LogP contribution in [0.1, 0.15) is 37.9 Å². The van der Waals surface area contributed by atoms with Crippen molar-refractivity contribution < 1.29 is 14.1 Å². The predicted octanol–water partition coefficient (Wildman–Crippen LogP) is 1.34. The van der Waals surface area contributed by atoms with Gasteiger partial charge in [0.25, 0.3) is 0 Å². The lowest BCUT2D eigenvalue weighted by Crippen LogP contribution is -2.45. The Morgan fingerprint density at radius 3 is 3.05 bits per heavy atom. The van der Waals surface area contributed by atoms with E-state index in [2.05, 4.69) is 17.1 Å². The highest BCUT2D eigenvalue weighted by Gasteiger charge is 2.22. The molecule has 1 amide bonds. The van der Waals surface area contributed by atoms with Crippen molar-refractivity contribution >= 4 is 5.91 Å². The topological polar surface area (TPSA) is 68.5 Å². The zero-order chi connectivity index (χ0) is 13.7. The van der Waals surface area contributed by atoms with E-state index in [0.717, 1.165) is 19.4 Å². The van der Waals surface area contributed by atoms with E-state index in [4.69, 9.17) is 9.26 Å².